The van der Waals surface area contributed by atoms with Gasteiger partial charge in [-0.25, -0.2) is 4.98 Å². The fraction of sp³-hybridized carbons (Fsp3) is 0.364. The number of thiazole rings is 1. The number of benzene rings is 2. The Balaban J connectivity index is 1.42. The molecule has 2 aromatic carbocycles. The van der Waals surface area contributed by atoms with Crippen LogP contribution in [0.25, 0.3) is 10.2 Å². The highest BCUT2D eigenvalue weighted by molar-refractivity contribution is 7.18. The highest BCUT2D eigenvalue weighted by atomic mass is 32.1. The van der Waals surface area contributed by atoms with Crippen LogP contribution in [0, 0.1) is 6.92 Å². The summed E-state index contributed by atoms with van der Waals surface area (Å²) in [6.45, 7) is 6.15. The average molecular weight is 381 g/mol. The minimum atomic E-state index is 0.115. The zero-order valence-electron chi connectivity index (χ0n) is 15.8. The van der Waals surface area contributed by atoms with Crippen molar-refractivity contribution < 1.29 is 9.53 Å². The standard InChI is InChI=1S/C22H24N2O2S/c1-3-26-19-9-8-17(14-15(19)2)22(25)24-12-10-16(11-13-24)21-23-18-6-4-5-7-20(18)27-21/h4-9,14,16H,3,10-13H2,1-2H3. The molecule has 0 unspecified atom stereocenters. The van der Waals surface area contributed by atoms with Crippen molar-refractivity contribution >= 4 is 27.5 Å². The lowest BCUT2D eigenvalue weighted by Crippen LogP contribution is -2.37. The molecule has 1 amide bonds. The Morgan fingerprint density at radius 3 is 2.70 bits per heavy atom. The van der Waals surface area contributed by atoms with E-state index < -0.39 is 0 Å². The van der Waals surface area contributed by atoms with Crippen molar-refractivity contribution in [3.05, 3.63) is 58.6 Å². The molecule has 0 spiro atoms. The van der Waals surface area contributed by atoms with Gasteiger partial charge in [-0.15, -0.1) is 11.3 Å². The van der Waals surface area contributed by atoms with Gasteiger partial charge in [0.1, 0.15) is 5.75 Å². The third-order valence-corrected chi connectivity index (χ3v) is 6.36. The number of hydrogen-bond donors (Lipinski definition) is 0. The van der Waals surface area contributed by atoms with E-state index >= 15 is 0 Å². The van der Waals surface area contributed by atoms with Gasteiger partial charge in [0.25, 0.3) is 5.91 Å². The molecule has 4 nitrogen and oxygen atoms in total. The Bertz CT molecular complexity index is 925. The Hall–Kier alpha value is -2.40. The number of nitrogens with zero attached hydrogens (tertiary/aromatic N) is 2. The third kappa shape index (κ3) is 3.69. The van der Waals surface area contributed by atoms with Crippen molar-refractivity contribution in [3.63, 3.8) is 0 Å². The fourth-order valence-electron chi connectivity index (χ4n) is 3.68. The number of para-hydroxylation sites is 1. The van der Waals surface area contributed by atoms with Crippen LogP contribution >= 0.6 is 11.3 Å². The smallest absolute Gasteiger partial charge is 0.253 e. The Labute approximate surface area is 163 Å². The first-order chi connectivity index (χ1) is 13.2. The van der Waals surface area contributed by atoms with Crippen molar-refractivity contribution in [3.8, 4) is 5.75 Å². The summed E-state index contributed by atoms with van der Waals surface area (Å²) < 4.78 is 6.82. The topological polar surface area (TPSA) is 42.4 Å². The number of carbonyl (C=O) groups is 1. The second-order valence-electron chi connectivity index (χ2n) is 7.00. The molecule has 2 heterocycles. The van der Waals surface area contributed by atoms with Gasteiger partial charge in [-0.1, -0.05) is 12.1 Å². The fourth-order valence-corrected chi connectivity index (χ4v) is 4.81. The van der Waals surface area contributed by atoms with Crippen LogP contribution in [-0.4, -0.2) is 35.5 Å². The number of ether oxygens (including phenoxy) is 1. The predicted molar refractivity (Wildman–Crippen MR) is 110 cm³/mol. The molecule has 0 atom stereocenters. The summed E-state index contributed by atoms with van der Waals surface area (Å²) in [7, 11) is 0. The third-order valence-electron chi connectivity index (χ3n) is 5.16. The van der Waals surface area contributed by atoms with E-state index in [1.54, 1.807) is 11.3 Å². The Kier molecular flexibility index (Phi) is 5.12. The monoisotopic (exact) mass is 380 g/mol. The van der Waals surface area contributed by atoms with E-state index in [9.17, 15) is 4.79 Å². The zero-order valence-corrected chi connectivity index (χ0v) is 16.6. The minimum absolute atomic E-state index is 0.115. The number of piperidine rings is 1. The van der Waals surface area contributed by atoms with Crippen LogP contribution in [-0.2, 0) is 0 Å². The van der Waals surface area contributed by atoms with Gasteiger partial charge in [0, 0.05) is 24.6 Å². The predicted octanol–water partition coefficient (Wildman–Crippen LogP) is 5.02. The van der Waals surface area contributed by atoms with Gasteiger partial charge in [-0.2, -0.15) is 0 Å². The number of carbonyl (C=O) groups excluding carboxylic acids is 1. The molecule has 3 aromatic rings. The molecule has 0 saturated carbocycles. The van der Waals surface area contributed by atoms with E-state index in [0.717, 1.165) is 48.3 Å². The van der Waals surface area contributed by atoms with Crippen LogP contribution in [0.15, 0.2) is 42.5 Å². The van der Waals surface area contributed by atoms with E-state index in [4.69, 9.17) is 9.72 Å². The van der Waals surface area contributed by atoms with Gasteiger partial charge in [0.05, 0.1) is 21.8 Å². The van der Waals surface area contributed by atoms with Crippen LogP contribution in [0.3, 0.4) is 0 Å². The second kappa shape index (κ2) is 7.69. The number of amides is 1. The largest absolute Gasteiger partial charge is 0.494 e. The van der Waals surface area contributed by atoms with Crippen LogP contribution in [0.2, 0.25) is 0 Å². The van der Waals surface area contributed by atoms with Gasteiger partial charge in [-0.05, 0) is 62.6 Å². The van der Waals surface area contributed by atoms with Crippen molar-refractivity contribution in [2.45, 2.75) is 32.6 Å². The summed E-state index contributed by atoms with van der Waals surface area (Å²) in [5.74, 6) is 1.42. The molecule has 0 radical (unpaired) electrons. The molecule has 0 bridgehead atoms. The molecule has 1 aliphatic heterocycles. The first-order valence-electron chi connectivity index (χ1n) is 9.54. The zero-order chi connectivity index (χ0) is 18.8. The maximum Gasteiger partial charge on any atom is 0.253 e. The Morgan fingerprint density at radius 2 is 2.00 bits per heavy atom. The normalized spacial score (nSPS) is 15.3. The van der Waals surface area contributed by atoms with Crippen LogP contribution in [0.1, 0.15) is 46.6 Å². The molecule has 140 valence electrons. The van der Waals surface area contributed by atoms with Gasteiger partial charge in [-0.3, -0.25) is 4.79 Å². The van der Waals surface area contributed by atoms with Crippen molar-refractivity contribution in [1.82, 2.24) is 9.88 Å². The second-order valence-corrected chi connectivity index (χ2v) is 8.06. The number of likely N-dealkylation sites (tertiary alicyclic amines) is 1. The van der Waals surface area contributed by atoms with E-state index in [-0.39, 0.29) is 5.91 Å². The highest BCUT2D eigenvalue weighted by Gasteiger charge is 2.26. The molecular weight excluding hydrogens is 356 g/mol. The first-order valence-corrected chi connectivity index (χ1v) is 10.4. The van der Waals surface area contributed by atoms with Crippen LogP contribution < -0.4 is 4.74 Å². The summed E-state index contributed by atoms with van der Waals surface area (Å²) in [6.07, 6.45) is 1.95. The summed E-state index contributed by atoms with van der Waals surface area (Å²) in [5.41, 5.74) is 2.84. The van der Waals surface area contributed by atoms with E-state index in [2.05, 4.69) is 18.2 Å². The molecule has 1 aliphatic rings. The molecule has 0 N–H and O–H groups in total. The Morgan fingerprint density at radius 1 is 1.22 bits per heavy atom. The van der Waals surface area contributed by atoms with Crippen molar-refractivity contribution in [1.29, 1.82) is 0 Å². The van der Waals surface area contributed by atoms with Gasteiger partial charge in [0.2, 0.25) is 0 Å². The van der Waals surface area contributed by atoms with E-state index in [0.29, 0.717) is 12.5 Å². The molecule has 1 fully saturated rings. The first kappa shape index (κ1) is 18.0. The quantitative estimate of drug-likeness (QED) is 0.638. The van der Waals surface area contributed by atoms with Gasteiger partial charge < -0.3 is 9.64 Å². The lowest BCUT2D eigenvalue weighted by Gasteiger charge is -2.31. The summed E-state index contributed by atoms with van der Waals surface area (Å²) in [6, 6.07) is 14.0. The SMILES string of the molecule is CCOc1ccc(C(=O)N2CCC(c3nc4ccccc4s3)CC2)cc1C. The number of hydrogen-bond acceptors (Lipinski definition) is 4. The van der Waals surface area contributed by atoms with E-state index in [1.165, 1.54) is 9.71 Å². The van der Waals surface area contributed by atoms with Crippen molar-refractivity contribution in [2.75, 3.05) is 19.7 Å². The van der Waals surface area contributed by atoms with Crippen LogP contribution in [0.4, 0.5) is 0 Å². The average Bonchev–Trinajstić information content (AvgIpc) is 3.13. The minimum Gasteiger partial charge on any atom is -0.494 e. The molecule has 4 rings (SSSR count). The summed E-state index contributed by atoms with van der Waals surface area (Å²) >= 11 is 1.79. The molecular formula is C22H24N2O2S. The van der Waals surface area contributed by atoms with E-state index in [1.807, 2.05) is 43.0 Å². The van der Waals surface area contributed by atoms with Crippen LogP contribution in [0.5, 0.6) is 5.75 Å². The molecule has 0 aliphatic carbocycles. The number of aromatic nitrogens is 1. The lowest BCUT2D eigenvalue weighted by molar-refractivity contribution is 0.0713. The lowest BCUT2D eigenvalue weighted by atomic mass is 9.97. The molecule has 27 heavy (non-hydrogen) atoms. The number of aryl methyl sites for hydroxylation is 1. The maximum atomic E-state index is 12.9. The maximum absolute atomic E-state index is 12.9. The highest BCUT2D eigenvalue weighted by Crippen LogP contribution is 2.34. The van der Waals surface area contributed by atoms with Gasteiger partial charge in [0.15, 0.2) is 0 Å². The molecule has 1 aromatic heterocycles. The summed E-state index contributed by atoms with van der Waals surface area (Å²) in [4.78, 5) is 19.7. The summed E-state index contributed by atoms with van der Waals surface area (Å²) in [5, 5.41) is 1.21. The molecule has 5 heteroatoms. The number of rotatable bonds is 4. The molecule has 1 saturated heterocycles. The van der Waals surface area contributed by atoms with Gasteiger partial charge >= 0.3 is 0 Å². The number of fused-ring (bicyclic) bond motifs is 1. The van der Waals surface area contributed by atoms with Crippen molar-refractivity contribution in [2.24, 2.45) is 0 Å².